The number of rotatable bonds is 8. The molecule has 1 aromatic carbocycles. The highest BCUT2D eigenvalue weighted by molar-refractivity contribution is 7.22. The molecular weight excluding hydrogens is 567 g/mol. The number of oxazole rings is 1. The number of methoxy groups -OCH3 is 1. The van der Waals surface area contributed by atoms with Crippen molar-refractivity contribution in [2.45, 2.75) is 69.9 Å². The van der Waals surface area contributed by atoms with Gasteiger partial charge in [-0.25, -0.2) is 18.7 Å². The predicted octanol–water partition coefficient (Wildman–Crippen LogP) is 3.46. The molecule has 0 unspecified atom stereocenters. The van der Waals surface area contributed by atoms with Crippen LogP contribution >= 0.6 is 11.3 Å². The number of thiophene rings is 1. The summed E-state index contributed by atoms with van der Waals surface area (Å²) in [5.41, 5.74) is -0.258. The van der Waals surface area contributed by atoms with Gasteiger partial charge in [-0.15, -0.1) is 11.3 Å². The van der Waals surface area contributed by atoms with E-state index in [1.54, 1.807) is 6.92 Å². The van der Waals surface area contributed by atoms with Crippen LogP contribution in [0.25, 0.3) is 21.0 Å². The largest absolute Gasteiger partial charge is 0.496 e. The van der Waals surface area contributed by atoms with Crippen LogP contribution in [-0.2, 0) is 16.1 Å². The number of hydrogen-bond donors (Lipinski definition) is 2. The molecule has 2 atom stereocenters. The molecule has 1 amide bonds. The lowest BCUT2D eigenvalue weighted by molar-refractivity contribution is -0.122. The molecule has 0 spiro atoms. The minimum atomic E-state index is -0.965. The molecule has 1 saturated carbocycles. The van der Waals surface area contributed by atoms with E-state index in [2.05, 4.69) is 10.3 Å². The van der Waals surface area contributed by atoms with Crippen LogP contribution < -0.4 is 21.3 Å². The summed E-state index contributed by atoms with van der Waals surface area (Å²) < 4.78 is 34.7. The summed E-state index contributed by atoms with van der Waals surface area (Å²) in [6, 6.07) is 3.14. The lowest BCUT2D eigenvalue weighted by Crippen LogP contribution is -2.44. The van der Waals surface area contributed by atoms with Crippen LogP contribution in [0.3, 0.4) is 0 Å². The first-order chi connectivity index (χ1) is 20.3. The number of aryl methyl sites for hydroxylation is 1. The van der Waals surface area contributed by atoms with Crippen LogP contribution in [0.5, 0.6) is 5.75 Å². The number of carbonyl (C=O) groups excluding carboxylic acids is 1. The number of aliphatic hydroxyl groups is 1. The zero-order valence-corrected chi connectivity index (χ0v) is 24.0. The standard InChI is InChI=1S/C29H31FN4O7S/c1-15-23-27(37)34(20-9-10-31-25(20)36)29(38)33(28(23)42-24(15)26-32-11-12-40-26)14-22(41-18-6-4-17(35)5-7-18)19-13-16(30)3-8-21(19)39-2/h3,8,11-13,17-18,20,22,35H,4-7,9-10,14H2,1-2H3,(H,31,36)/t17-,18+,20-,22-/m0/s1. The van der Waals surface area contributed by atoms with Gasteiger partial charge in [0.15, 0.2) is 0 Å². The Hall–Kier alpha value is -3.81. The van der Waals surface area contributed by atoms with Gasteiger partial charge in [0, 0.05) is 12.1 Å². The van der Waals surface area contributed by atoms with Crippen molar-refractivity contribution >= 4 is 27.5 Å². The van der Waals surface area contributed by atoms with Crippen LogP contribution in [0.4, 0.5) is 4.39 Å². The average Bonchev–Trinajstić information content (AvgIpc) is 3.73. The van der Waals surface area contributed by atoms with E-state index in [4.69, 9.17) is 13.9 Å². The van der Waals surface area contributed by atoms with Gasteiger partial charge in [0.25, 0.3) is 5.56 Å². The molecule has 1 aliphatic heterocycles. The van der Waals surface area contributed by atoms with Gasteiger partial charge in [-0.3, -0.25) is 14.2 Å². The average molecular weight is 599 g/mol. The maximum absolute atomic E-state index is 14.6. The smallest absolute Gasteiger partial charge is 0.332 e. The number of fused-ring (bicyclic) bond motifs is 1. The van der Waals surface area contributed by atoms with Crippen molar-refractivity contribution in [3.8, 4) is 16.5 Å². The van der Waals surface area contributed by atoms with E-state index in [1.807, 2.05) is 0 Å². The SMILES string of the molecule is COc1ccc(F)cc1[C@H](Cn1c(=O)n([C@H]2CCNC2=O)c(=O)c2c(C)c(-c3ncco3)sc21)O[C@H]1CC[C@@H](O)CC1. The van der Waals surface area contributed by atoms with Gasteiger partial charge >= 0.3 is 5.69 Å². The summed E-state index contributed by atoms with van der Waals surface area (Å²) in [5, 5.41) is 13.0. The Labute approximate surface area is 243 Å². The topological polar surface area (TPSA) is 138 Å². The first-order valence-corrected chi connectivity index (χ1v) is 14.7. The molecule has 1 aliphatic carbocycles. The van der Waals surface area contributed by atoms with Crippen LogP contribution in [0.1, 0.15) is 55.4 Å². The molecule has 0 bridgehead atoms. The van der Waals surface area contributed by atoms with E-state index in [1.165, 1.54) is 53.7 Å². The molecule has 222 valence electrons. The number of halogens is 1. The highest BCUT2D eigenvalue weighted by Crippen LogP contribution is 2.38. The minimum absolute atomic E-state index is 0.0895. The maximum Gasteiger partial charge on any atom is 0.332 e. The Morgan fingerprint density at radius 1 is 1.21 bits per heavy atom. The molecule has 2 aliphatic rings. The fourth-order valence-electron chi connectivity index (χ4n) is 5.92. The first-order valence-electron chi connectivity index (χ1n) is 13.9. The Bertz CT molecular complexity index is 1740. The van der Waals surface area contributed by atoms with E-state index in [0.29, 0.717) is 64.7 Å². The summed E-state index contributed by atoms with van der Waals surface area (Å²) in [6.07, 6.45) is 4.01. The number of amides is 1. The van der Waals surface area contributed by atoms with Gasteiger partial charge in [-0.05, 0) is 62.8 Å². The number of carbonyl (C=O) groups is 1. The maximum atomic E-state index is 14.6. The molecule has 42 heavy (non-hydrogen) atoms. The lowest BCUT2D eigenvalue weighted by Gasteiger charge is -2.31. The lowest BCUT2D eigenvalue weighted by atomic mass is 9.94. The number of benzene rings is 1. The van der Waals surface area contributed by atoms with Crippen molar-refractivity contribution in [1.29, 1.82) is 0 Å². The Kier molecular flexibility index (Phi) is 7.73. The normalized spacial score (nSPS) is 21.5. The van der Waals surface area contributed by atoms with Crippen molar-refractivity contribution in [3.63, 3.8) is 0 Å². The Balaban J connectivity index is 1.55. The monoisotopic (exact) mass is 598 g/mol. The van der Waals surface area contributed by atoms with Crippen molar-refractivity contribution in [2.24, 2.45) is 0 Å². The number of hydrogen-bond acceptors (Lipinski definition) is 9. The third-order valence-electron chi connectivity index (χ3n) is 8.09. The Morgan fingerprint density at radius 2 is 2.00 bits per heavy atom. The van der Waals surface area contributed by atoms with Crippen LogP contribution in [0.2, 0.25) is 0 Å². The van der Waals surface area contributed by atoms with Gasteiger partial charge in [-0.2, -0.15) is 0 Å². The van der Waals surface area contributed by atoms with Crippen molar-refractivity contribution < 1.29 is 28.2 Å². The summed E-state index contributed by atoms with van der Waals surface area (Å²) in [5.74, 6) is -0.214. The molecule has 0 radical (unpaired) electrons. The molecule has 1 saturated heterocycles. The number of nitrogens with one attached hydrogen (secondary N) is 1. The molecule has 4 heterocycles. The number of nitrogens with zero attached hydrogens (tertiary/aromatic N) is 3. The van der Waals surface area contributed by atoms with E-state index >= 15 is 0 Å². The second-order valence-corrected chi connectivity index (χ2v) is 11.7. The molecule has 2 fully saturated rings. The molecule has 3 aromatic heterocycles. The van der Waals surface area contributed by atoms with Gasteiger partial charge < -0.3 is 24.3 Å². The zero-order chi connectivity index (χ0) is 29.5. The summed E-state index contributed by atoms with van der Waals surface area (Å²) in [7, 11) is 1.47. The molecule has 13 heteroatoms. The quantitative estimate of drug-likeness (QED) is 0.315. The van der Waals surface area contributed by atoms with Gasteiger partial charge in [0.2, 0.25) is 11.8 Å². The third-order valence-corrected chi connectivity index (χ3v) is 9.39. The molecular formula is C29H31FN4O7S. The fraction of sp³-hybridized carbons (Fsp3) is 0.448. The first kappa shape index (κ1) is 28.3. The third kappa shape index (κ3) is 5.05. The summed E-state index contributed by atoms with van der Waals surface area (Å²) in [4.78, 5) is 46.0. The molecule has 4 aromatic rings. The van der Waals surface area contributed by atoms with Crippen LogP contribution in [0, 0.1) is 12.7 Å². The minimum Gasteiger partial charge on any atom is -0.496 e. The van der Waals surface area contributed by atoms with Crippen LogP contribution in [0.15, 0.2) is 44.7 Å². The van der Waals surface area contributed by atoms with Crippen LogP contribution in [-0.4, -0.2) is 51.0 Å². The van der Waals surface area contributed by atoms with Crippen molar-refractivity contribution in [1.82, 2.24) is 19.4 Å². The van der Waals surface area contributed by atoms with Crippen molar-refractivity contribution in [2.75, 3.05) is 13.7 Å². The van der Waals surface area contributed by atoms with E-state index in [-0.39, 0.29) is 24.5 Å². The second-order valence-electron chi connectivity index (χ2n) is 10.7. The second kappa shape index (κ2) is 11.5. The highest BCUT2D eigenvalue weighted by Gasteiger charge is 2.34. The molecule has 6 rings (SSSR count). The number of ether oxygens (including phenoxy) is 2. The van der Waals surface area contributed by atoms with E-state index in [9.17, 15) is 23.9 Å². The zero-order valence-electron chi connectivity index (χ0n) is 23.2. The predicted molar refractivity (Wildman–Crippen MR) is 152 cm³/mol. The summed E-state index contributed by atoms with van der Waals surface area (Å²) in [6.45, 7) is 2.01. The van der Waals surface area contributed by atoms with Gasteiger partial charge in [0.05, 0.1) is 42.3 Å². The molecule has 11 nitrogen and oxygen atoms in total. The van der Waals surface area contributed by atoms with E-state index < -0.39 is 41.2 Å². The Morgan fingerprint density at radius 3 is 2.67 bits per heavy atom. The fourth-order valence-corrected chi connectivity index (χ4v) is 7.16. The van der Waals surface area contributed by atoms with Gasteiger partial charge in [0.1, 0.15) is 34.8 Å². The highest BCUT2D eigenvalue weighted by atomic mass is 32.1. The summed E-state index contributed by atoms with van der Waals surface area (Å²) >= 11 is 1.18. The number of aromatic nitrogens is 3. The van der Waals surface area contributed by atoms with E-state index in [0.717, 1.165) is 4.57 Å². The van der Waals surface area contributed by atoms with Crippen molar-refractivity contribution in [3.05, 3.63) is 68.4 Å². The van der Waals surface area contributed by atoms with Gasteiger partial charge in [-0.1, -0.05) is 0 Å². The number of aliphatic hydroxyl groups excluding tert-OH is 1. The molecule has 2 N–H and O–H groups in total.